The number of hydrogen-bond acceptors (Lipinski definition) is 4. The van der Waals surface area contributed by atoms with Crippen molar-refractivity contribution in [3.63, 3.8) is 0 Å². The number of benzene rings is 2. The van der Waals surface area contributed by atoms with Crippen LogP contribution in [0.5, 0.6) is 5.75 Å². The van der Waals surface area contributed by atoms with Crippen molar-refractivity contribution in [1.82, 2.24) is 5.32 Å². The number of sulfonamides is 1. The maximum atomic E-state index is 13.3. The van der Waals surface area contributed by atoms with Crippen LogP contribution >= 0.6 is 0 Å². The first-order chi connectivity index (χ1) is 14.0. The van der Waals surface area contributed by atoms with Gasteiger partial charge in [-0.05, 0) is 37.1 Å². The minimum Gasteiger partial charge on any atom is -0.497 e. The quantitative estimate of drug-likeness (QED) is 0.698. The van der Waals surface area contributed by atoms with Crippen LogP contribution in [0.2, 0.25) is 0 Å². The summed E-state index contributed by atoms with van der Waals surface area (Å²) in [5, 5.41) is 3.03. The van der Waals surface area contributed by atoms with E-state index in [1.165, 1.54) is 32.1 Å². The molecule has 2 aromatic rings. The number of methoxy groups -OCH3 is 1. The summed E-state index contributed by atoms with van der Waals surface area (Å²) < 4.78 is 33.0. The van der Waals surface area contributed by atoms with Crippen molar-refractivity contribution in [2.75, 3.05) is 18.0 Å². The lowest BCUT2D eigenvalue weighted by Crippen LogP contribution is -2.44. The zero-order chi connectivity index (χ0) is 20.7. The molecule has 0 bridgehead atoms. The van der Waals surface area contributed by atoms with Gasteiger partial charge in [0, 0.05) is 12.1 Å². The molecule has 1 aliphatic carbocycles. The van der Waals surface area contributed by atoms with E-state index in [4.69, 9.17) is 4.74 Å². The van der Waals surface area contributed by atoms with Crippen LogP contribution in [0.4, 0.5) is 5.69 Å². The summed E-state index contributed by atoms with van der Waals surface area (Å²) in [6.07, 6.45) is 6.43. The third-order valence-electron chi connectivity index (χ3n) is 5.18. The number of anilines is 1. The molecule has 6 nitrogen and oxygen atoms in total. The summed E-state index contributed by atoms with van der Waals surface area (Å²) in [6, 6.07) is 15.0. The van der Waals surface area contributed by atoms with Gasteiger partial charge in [-0.1, -0.05) is 49.9 Å². The van der Waals surface area contributed by atoms with Gasteiger partial charge in [-0.2, -0.15) is 0 Å². The zero-order valence-corrected chi connectivity index (χ0v) is 17.5. The maximum absolute atomic E-state index is 13.3. The van der Waals surface area contributed by atoms with E-state index in [9.17, 15) is 13.2 Å². The maximum Gasteiger partial charge on any atom is 0.264 e. The van der Waals surface area contributed by atoms with Gasteiger partial charge in [0.05, 0.1) is 17.7 Å². The first kappa shape index (κ1) is 21.2. The van der Waals surface area contributed by atoms with Crippen molar-refractivity contribution in [2.45, 2.75) is 49.5 Å². The van der Waals surface area contributed by atoms with Crippen LogP contribution in [0.1, 0.15) is 38.5 Å². The Labute approximate surface area is 172 Å². The molecule has 29 heavy (non-hydrogen) atoms. The molecule has 0 aliphatic heterocycles. The lowest BCUT2D eigenvalue weighted by molar-refractivity contribution is -0.120. The van der Waals surface area contributed by atoms with Crippen molar-refractivity contribution in [3.05, 3.63) is 54.6 Å². The topological polar surface area (TPSA) is 75.7 Å². The molecule has 1 saturated carbocycles. The van der Waals surface area contributed by atoms with E-state index in [0.29, 0.717) is 11.4 Å². The summed E-state index contributed by atoms with van der Waals surface area (Å²) in [5.74, 6) is 0.235. The molecule has 3 rings (SSSR count). The Bertz CT molecular complexity index is 907. The lowest BCUT2D eigenvalue weighted by atomic mass is 10.1. The molecule has 156 valence electrons. The largest absolute Gasteiger partial charge is 0.497 e. The van der Waals surface area contributed by atoms with Gasteiger partial charge in [-0.15, -0.1) is 0 Å². The van der Waals surface area contributed by atoms with Gasteiger partial charge in [0.25, 0.3) is 10.0 Å². The molecule has 1 amide bonds. The second kappa shape index (κ2) is 9.78. The molecule has 0 atom stereocenters. The van der Waals surface area contributed by atoms with Gasteiger partial charge in [0.1, 0.15) is 12.3 Å². The van der Waals surface area contributed by atoms with E-state index < -0.39 is 10.0 Å². The molecular formula is C22H28N2O4S. The summed E-state index contributed by atoms with van der Waals surface area (Å²) in [6.45, 7) is -0.277. The highest BCUT2D eigenvalue weighted by atomic mass is 32.2. The predicted molar refractivity (Wildman–Crippen MR) is 114 cm³/mol. The second-order valence-corrected chi connectivity index (χ2v) is 9.14. The molecule has 0 unspecified atom stereocenters. The smallest absolute Gasteiger partial charge is 0.264 e. The third kappa shape index (κ3) is 5.50. The standard InChI is InChI=1S/C22H28N2O4S/c1-28-20-13-9-12-19(16-20)24(29(26,27)21-14-7-4-8-15-21)17-22(25)23-18-10-5-2-3-6-11-18/h4,7-9,12-16,18H,2-3,5-6,10-11,17H2,1H3,(H,23,25). The molecule has 1 fully saturated rings. The average molecular weight is 417 g/mol. The van der Waals surface area contributed by atoms with Gasteiger partial charge in [-0.25, -0.2) is 8.42 Å². The highest BCUT2D eigenvalue weighted by Gasteiger charge is 2.28. The predicted octanol–water partition coefficient (Wildman–Crippen LogP) is 3.73. The van der Waals surface area contributed by atoms with Gasteiger partial charge in [0.15, 0.2) is 0 Å². The number of ether oxygens (including phenoxy) is 1. The van der Waals surface area contributed by atoms with Crippen molar-refractivity contribution >= 4 is 21.6 Å². The first-order valence-corrected chi connectivity index (χ1v) is 11.5. The van der Waals surface area contributed by atoms with E-state index in [1.54, 1.807) is 42.5 Å². The van der Waals surface area contributed by atoms with Gasteiger partial charge in [-0.3, -0.25) is 9.10 Å². The van der Waals surface area contributed by atoms with E-state index in [2.05, 4.69) is 5.32 Å². The molecule has 0 radical (unpaired) electrons. The average Bonchev–Trinajstić information content (AvgIpc) is 3.01. The summed E-state index contributed by atoms with van der Waals surface area (Å²) >= 11 is 0. The minimum absolute atomic E-state index is 0.108. The molecule has 0 aromatic heterocycles. The third-order valence-corrected chi connectivity index (χ3v) is 6.97. The van der Waals surface area contributed by atoms with Gasteiger partial charge >= 0.3 is 0 Å². The Morgan fingerprint density at radius 2 is 1.72 bits per heavy atom. The van der Waals surface area contributed by atoms with Crippen LogP contribution in [-0.4, -0.2) is 34.0 Å². The number of nitrogens with zero attached hydrogens (tertiary/aromatic N) is 1. The molecular weight excluding hydrogens is 388 g/mol. The molecule has 1 N–H and O–H groups in total. The highest BCUT2D eigenvalue weighted by molar-refractivity contribution is 7.92. The Balaban J connectivity index is 1.87. The SMILES string of the molecule is COc1cccc(N(CC(=O)NC2CCCCCC2)S(=O)(=O)c2ccccc2)c1. The molecule has 0 heterocycles. The monoisotopic (exact) mass is 416 g/mol. The van der Waals surface area contributed by atoms with Crippen LogP contribution in [0.15, 0.2) is 59.5 Å². The van der Waals surface area contributed by atoms with Gasteiger partial charge < -0.3 is 10.1 Å². The second-order valence-electron chi connectivity index (χ2n) is 7.28. The van der Waals surface area contributed by atoms with Crippen LogP contribution in [0, 0.1) is 0 Å². The van der Waals surface area contributed by atoms with Crippen molar-refractivity contribution < 1.29 is 17.9 Å². The van der Waals surface area contributed by atoms with Crippen molar-refractivity contribution in [3.8, 4) is 5.75 Å². The molecule has 1 aliphatic rings. The fourth-order valence-corrected chi connectivity index (χ4v) is 5.06. The molecule has 0 spiro atoms. The van der Waals surface area contributed by atoms with Crippen LogP contribution in [0.3, 0.4) is 0 Å². The number of rotatable bonds is 7. The van der Waals surface area contributed by atoms with Crippen LogP contribution in [-0.2, 0) is 14.8 Å². The van der Waals surface area contributed by atoms with E-state index in [-0.39, 0.29) is 23.4 Å². The summed E-state index contributed by atoms with van der Waals surface area (Å²) in [5.41, 5.74) is 0.393. The number of amides is 1. The molecule has 2 aromatic carbocycles. The number of carbonyl (C=O) groups excluding carboxylic acids is 1. The summed E-state index contributed by atoms with van der Waals surface area (Å²) in [7, 11) is -2.38. The fourth-order valence-electron chi connectivity index (χ4n) is 3.63. The number of carbonyl (C=O) groups is 1. The Kier molecular flexibility index (Phi) is 7.14. The van der Waals surface area contributed by atoms with Crippen molar-refractivity contribution in [1.29, 1.82) is 0 Å². The summed E-state index contributed by atoms with van der Waals surface area (Å²) in [4.78, 5) is 12.9. The van der Waals surface area contributed by atoms with E-state index in [1.807, 2.05) is 0 Å². The number of nitrogens with one attached hydrogen (secondary N) is 1. The zero-order valence-electron chi connectivity index (χ0n) is 16.7. The molecule has 7 heteroatoms. The first-order valence-electron chi connectivity index (χ1n) is 10.0. The van der Waals surface area contributed by atoms with E-state index >= 15 is 0 Å². The number of hydrogen-bond donors (Lipinski definition) is 1. The Morgan fingerprint density at radius 1 is 1.03 bits per heavy atom. The Hall–Kier alpha value is -2.54. The van der Waals surface area contributed by atoms with E-state index in [0.717, 1.165) is 30.0 Å². The molecule has 0 saturated heterocycles. The highest BCUT2D eigenvalue weighted by Crippen LogP contribution is 2.27. The normalized spacial score (nSPS) is 15.3. The van der Waals surface area contributed by atoms with Crippen LogP contribution < -0.4 is 14.4 Å². The lowest BCUT2D eigenvalue weighted by Gasteiger charge is -2.25. The van der Waals surface area contributed by atoms with Gasteiger partial charge in [0.2, 0.25) is 5.91 Å². The van der Waals surface area contributed by atoms with Crippen molar-refractivity contribution in [2.24, 2.45) is 0 Å². The van der Waals surface area contributed by atoms with Crippen LogP contribution in [0.25, 0.3) is 0 Å². The minimum atomic E-state index is -3.91. The Morgan fingerprint density at radius 3 is 2.38 bits per heavy atom. The fraction of sp³-hybridized carbons (Fsp3) is 0.409.